The lowest BCUT2D eigenvalue weighted by molar-refractivity contribution is -0.133. The Morgan fingerprint density at radius 3 is 1.68 bits per heavy atom. The van der Waals surface area contributed by atoms with Crippen molar-refractivity contribution in [1.29, 1.82) is 0 Å². The molecular weight excluding hydrogens is 606 g/mol. The highest BCUT2D eigenvalue weighted by molar-refractivity contribution is 5.98. The van der Waals surface area contributed by atoms with Crippen molar-refractivity contribution in [3.63, 3.8) is 0 Å². The molecule has 16 heteroatoms. The van der Waals surface area contributed by atoms with Crippen LogP contribution >= 0.6 is 0 Å². The molecule has 1 rings (SSSR count). The van der Waals surface area contributed by atoms with Crippen molar-refractivity contribution in [2.45, 2.75) is 95.3 Å². The molecule has 0 saturated heterocycles. The fourth-order valence-electron chi connectivity index (χ4n) is 4.56. The Bertz CT molecular complexity index is 1170. The number of unbranched alkanes of at least 4 members (excludes halogenated alkanes) is 2. The van der Waals surface area contributed by atoms with Crippen molar-refractivity contribution < 1.29 is 24.0 Å². The molecule has 16 nitrogen and oxygen atoms in total. The summed E-state index contributed by atoms with van der Waals surface area (Å²) < 4.78 is 0. The maximum atomic E-state index is 13.6. The fraction of sp³-hybridized carbons (Fsp3) is 0.581. The predicted octanol–water partition coefficient (Wildman–Crippen LogP) is -1.14. The Balaban J connectivity index is 3.13. The Kier molecular flexibility index (Phi) is 20.2. The number of rotatable bonds is 24. The summed E-state index contributed by atoms with van der Waals surface area (Å²) in [5, 5.41) is 10.9. The van der Waals surface area contributed by atoms with Crippen LogP contribution in [0.4, 0.5) is 0 Å². The van der Waals surface area contributed by atoms with Gasteiger partial charge in [-0.3, -0.25) is 29.2 Å². The topological polar surface area (TPSA) is 288 Å². The van der Waals surface area contributed by atoms with Crippen molar-refractivity contribution >= 4 is 41.8 Å². The molecule has 0 heterocycles. The van der Waals surface area contributed by atoms with Crippen LogP contribution in [0.5, 0.6) is 0 Å². The van der Waals surface area contributed by atoms with Gasteiger partial charge in [0.15, 0.2) is 11.9 Å². The number of carbonyl (C=O) groups is 5. The van der Waals surface area contributed by atoms with Gasteiger partial charge in [-0.1, -0.05) is 38.0 Å². The molecule has 0 spiro atoms. The van der Waals surface area contributed by atoms with Gasteiger partial charge in [-0.05, 0) is 70.0 Å². The average molecular weight is 660 g/mol. The summed E-state index contributed by atoms with van der Waals surface area (Å²) in [6.45, 7) is 2.83. The van der Waals surface area contributed by atoms with Gasteiger partial charge in [-0.2, -0.15) is 0 Å². The van der Waals surface area contributed by atoms with E-state index in [9.17, 15) is 24.0 Å². The van der Waals surface area contributed by atoms with Crippen molar-refractivity contribution in [1.82, 2.24) is 21.3 Å². The number of benzene rings is 1. The van der Waals surface area contributed by atoms with Gasteiger partial charge < -0.3 is 54.7 Å². The van der Waals surface area contributed by atoms with Gasteiger partial charge in [-0.15, -0.1) is 0 Å². The first-order valence-corrected chi connectivity index (χ1v) is 16.0. The molecular formula is C31H53N11O5. The molecule has 14 N–H and O–H groups in total. The van der Waals surface area contributed by atoms with Crippen LogP contribution in [-0.2, 0) is 19.2 Å². The molecule has 0 radical (unpaired) electrons. The smallest absolute Gasteiger partial charge is 0.251 e. The zero-order valence-electron chi connectivity index (χ0n) is 27.3. The molecule has 0 bridgehead atoms. The maximum absolute atomic E-state index is 13.6. The minimum absolute atomic E-state index is 0.0800. The number of carbonyl (C=O) groups excluding carboxylic acids is 5. The first-order chi connectivity index (χ1) is 22.5. The van der Waals surface area contributed by atoms with Gasteiger partial charge in [0.1, 0.15) is 24.4 Å². The third-order valence-corrected chi connectivity index (χ3v) is 7.12. The van der Waals surface area contributed by atoms with E-state index in [1.54, 1.807) is 30.3 Å². The zero-order chi connectivity index (χ0) is 35.0. The van der Waals surface area contributed by atoms with E-state index in [4.69, 9.17) is 28.7 Å². The third kappa shape index (κ3) is 17.5. The van der Waals surface area contributed by atoms with E-state index in [1.165, 1.54) is 0 Å². The molecule has 262 valence electrons. The largest absolute Gasteiger partial charge is 0.370 e. The van der Waals surface area contributed by atoms with E-state index in [2.05, 4.69) is 31.3 Å². The summed E-state index contributed by atoms with van der Waals surface area (Å²) in [6.07, 6.45) is 4.97. The summed E-state index contributed by atoms with van der Waals surface area (Å²) in [5.41, 5.74) is 27.6. The summed E-state index contributed by atoms with van der Waals surface area (Å²) in [7, 11) is 0. The Morgan fingerprint density at radius 1 is 0.681 bits per heavy atom. The number of amides is 4. The molecule has 0 aliphatic carbocycles. The Hall–Kier alpha value is -4.73. The molecule has 0 aliphatic heterocycles. The van der Waals surface area contributed by atoms with Crippen molar-refractivity contribution in [3.05, 3.63) is 35.9 Å². The van der Waals surface area contributed by atoms with Crippen LogP contribution in [0.25, 0.3) is 0 Å². The normalized spacial score (nSPS) is 13.1. The number of aldehydes is 1. The molecule has 47 heavy (non-hydrogen) atoms. The zero-order valence-corrected chi connectivity index (χ0v) is 27.3. The van der Waals surface area contributed by atoms with Crippen molar-refractivity contribution in [2.75, 3.05) is 19.6 Å². The minimum atomic E-state index is -1.07. The Labute approximate surface area is 276 Å². The van der Waals surface area contributed by atoms with Crippen molar-refractivity contribution in [3.8, 4) is 0 Å². The maximum Gasteiger partial charge on any atom is 0.251 e. The van der Waals surface area contributed by atoms with E-state index < -0.39 is 47.8 Å². The lowest BCUT2D eigenvalue weighted by Crippen LogP contribution is -2.57. The summed E-state index contributed by atoms with van der Waals surface area (Å²) in [5.74, 6) is -2.32. The molecule has 4 atom stereocenters. The molecule has 0 unspecified atom stereocenters. The molecule has 0 aliphatic rings. The second-order valence-corrected chi connectivity index (χ2v) is 11.1. The van der Waals surface area contributed by atoms with Gasteiger partial charge in [0.05, 0.1) is 6.04 Å². The molecule has 4 amide bonds. The van der Waals surface area contributed by atoms with Crippen LogP contribution in [0.15, 0.2) is 40.3 Å². The number of hydrogen-bond acceptors (Lipinski definition) is 8. The van der Waals surface area contributed by atoms with E-state index in [-0.39, 0.29) is 44.3 Å². The van der Waals surface area contributed by atoms with Gasteiger partial charge in [0.25, 0.3) is 5.91 Å². The van der Waals surface area contributed by atoms with Crippen LogP contribution in [0, 0.1) is 0 Å². The molecule has 0 saturated carbocycles. The number of nitrogens with one attached hydrogen (secondary N) is 4. The lowest BCUT2D eigenvalue weighted by atomic mass is 10.0. The first kappa shape index (κ1) is 40.3. The van der Waals surface area contributed by atoms with Gasteiger partial charge in [-0.25, -0.2) is 0 Å². The van der Waals surface area contributed by atoms with Crippen molar-refractivity contribution in [2.24, 2.45) is 38.7 Å². The highest BCUT2D eigenvalue weighted by Crippen LogP contribution is 2.09. The highest BCUT2D eigenvalue weighted by Gasteiger charge is 2.30. The number of aliphatic imine (C=N–C) groups is 2. The van der Waals surface area contributed by atoms with Gasteiger partial charge in [0.2, 0.25) is 17.7 Å². The second-order valence-electron chi connectivity index (χ2n) is 11.1. The standard InChI is InChI=1S/C31H53N11O5/c1-2-3-14-23(40-26(44)21-11-5-4-6-12-21)28(46)41-24(15-7-8-17-32)29(47)42-25(16-10-19-38-31(35)36)27(45)39-22(20-43)13-9-18-37-30(33)34/h4-6,11-12,20,22-25H,2-3,7-10,13-19,32H2,1H3,(H,39,45)(H,40,44)(H,41,46)(H,42,47)(H4,33,34,37)(H4,35,36,38)/t22-,23+,24-,25-/m0/s1. The summed E-state index contributed by atoms with van der Waals surface area (Å²) >= 11 is 0. The minimum Gasteiger partial charge on any atom is -0.370 e. The molecule has 0 aromatic heterocycles. The van der Waals surface area contributed by atoms with E-state index >= 15 is 0 Å². The van der Waals surface area contributed by atoms with Crippen LogP contribution in [0.3, 0.4) is 0 Å². The predicted molar refractivity (Wildman–Crippen MR) is 182 cm³/mol. The van der Waals surface area contributed by atoms with E-state index in [0.717, 1.165) is 6.42 Å². The highest BCUT2D eigenvalue weighted by atomic mass is 16.2. The SMILES string of the molecule is CCCC[C@@H](NC(=O)c1ccccc1)C(=O)N[C@@H](CCCCN)C(=O)N[C@@H](CCCN=C(N)N)C(=O)N[C@H](C=O)CCCN=C(N)N. The number of hydrogen-bond donors (Lipinski definition) is 9. The Morgan fingerprint density at radius 2 is 1.17 bits per heavy atom. The number of guanidine groups is 2. The van der Waals surface area contributed by atoms with Gasteiger partial charge >= 0.3 is 0 Å². The van der Waals surface area contributed by atoms with E-state index in [1.807, 2.05) is 6.92 Å². The quantitative estimate of drug-likeness (QED) is 0.0278. The van der Waals surface area contributed by atoms with Crippen LogP contribution in [-0.4, -0.2) is 85.6 Å². The number of nitrogens with two attached hydrogens (primary N) is 5. The average Bonchev–Trinajstić information content (AvgIpc) is 3.05. The molecule has 0 fully saturated rings. The summed E-state index contributed by atoms with van der Waals surface area (Å²) in [4.78, 5) is 72.8. The van der Waals surface area contributed by atoms with Crippen LogP contribution < -0.4 is 49.9 Å². The monoisotopic (exact) mass is 659 g/mol. The third-order valence-electron chi connectivity index (χ3n) is 7.12. The second kappa shape index (κ2) is 23.6. The molecule has 1 aromatic carbocycles. The lowest BCUT2D eigenvalue weighted by Gasteiger charge is -2.26. The van der Waals surface area contributed by atoms with Crippen LogP contribution in [0.1, 0.15) is 81.5 Å². The first-order valence-electron chi connectivity index (χ1n) is 16.0. The molecule has 1 aromatic rings. The number of nitrogens with zero attached hydrogens (tertiary/aromatic N) is 2. The fourth-order valence-corrected chi connectivity index (χ4v) is 4.56. The van der Waals surface area contributed by atoms with E-state index in [0.29, 0.717) is 56.9 Å². The van der Waals surface area contributed by atoms with Gasteiger partial charge in [0, 0.05) is 18.7 Å². The summed E-state index contributed by atoms with van der Waals surface area (Å²) in [6, 6.07) is 4.69. The van der Waals surface area contributed by atoms with Crippen LogP contribution in [0.2, 0.25) is 0 Å².